The van der Waals surface area contributed by atoms with Crippen LogP contribution in [-0.2, 0) is 65.4 Å². The molecule has 0 aromatic rings. The Bertz CT molecular complexity index is 2320. The van der Waals surface area contributed by atoms with Gasteiger partial charge in [0.25, 0.3) is 0 Å². The predicted molar refractivity (Wildman–Crippen MR) is 408 cm³/mol. The Kier molecular flexibility index (Phi) is 69.9. The minimum Gasteiger partial charge on any atom is -0.462 e. The number of aliphatic hydroxyl groups excluding tert-OH is 1. The Morgan fingerprint density at radius 3 is 0.920 bits per heavy atom. The number of hydrogen-bond donors (Lipinski definition) is 3. The van der Waals surface area contributed by atoms with E-state index in [1.165, 1.54) is 96.3 Å². The number of allylic oxidation sites excluding steroid dienone is 17. The standard InChI is InChI=1S/C81H140O17P2/c1-5-9-13-17-21-25-29-32-35-36-37-38-41-43-47-50-54-58-62-66-79(84)92-72-77(98-81(86)68-64-60-56-52-48-44-40-34-31-27-23-19-15-11-7-3)74-96-100(89,90)94-70-75(82)69-93-99(87,88)95-73-76(97-80(85)67-63-59-55-51-45-28-24-20-16-12-8-4)71-91-78(83)65-61-57-53-49-46-42-39-33-30-26-22-18-14-10-6-2/h11,15,21,23,25,27,32-35,37-40,48,52,60,64,75-77,82H,5-10,12-14,16-20,22,24,26,28-31,36,41-47,49-51,53-59,61-63,65-74H2,1-4H3,(H,87,88)(H,89,90)/b15-11-,25-21-,27-23-,35-32-,38-37-,39-33-,40-34-,52-48-,64-60-. The van der Waals surface area contributed by atoms with Crippen molar-refractivity contribution in [2.75, 3.05) is 39.6 Å². The first kappa shape index (κ1) is 95.7. The Labute approximate surface area is 607 Å². The van der Waals surface area contributed by atoms with Crippen molar-refractivity contribution < 1.29 is 80.2 Å². The molecule has 0 bridgehead atoms. The van der Waals surface area contributed by atoms with E-state index in [0.29, 0.717) is 25.7 Å². The summed E-state index contributed by atoms with van der Waals surface area (Å²) in [7, 11) is -9.98. The van der Waals surface area contributed by atoms with E-state index >= 15 is 0 Å². The van der Waals surface area contributed by atoms with Gasteiger partial charge in [-0.3, -0.25) is 37.3 Å². The van der Waals surface area contributed by atoms with Crippen molar-refractivity contribution in [2.24, 2.45) is 0 Å². The van der Waals surface area contributed by atoms with Gasteiger partial charge < -0.3 is 33.8 Å². The molecule has 17 nitrogen and oxygen atoms in total. The largest absolute Gasteiger partial charge is 0.472 e. The SMILES string of the molecule is CC/C=C\C/C=C\C/C=C\C/C=C\C/C=C\CC(=O)OC(COC(=O)CCCCCCCC/C=C\C/C=C\C/C=C\CCCCC)COP(=O)(O)OCC(O)COP(=O)(O)OCC(COC(=O)CCCCCCC/C=C\CCCCCCCC)OC(=O)CCCCCCCCCCCCC. The van der Waals surface area contributed by atoms with Gasteiger partial charge in [0.2, 0.25) is 0 Å². The van der Waals surface area contributed by atoms with Crippen LogP contribution in [0.15, 0.2) is 109 Å². The van der Waals surface area contributed by atoms with Gasteiger partial charge in [0.1, 0.15) is 19.3 Å². The number of ether oxygens (including phenoxy) is 4. The summed E-state index contributed by atoms with van der Waals surface area (Å²) in [6.07, 6.45) is 78.2. The highest BCUT2D eigenvalue weighted by molar-refractivity contribution is 7.47. The van der Waals surface area contributed by atoms with Crippen molar-refractivity contribution in [1.29, 1.82) is 0 Å². The third-order valence-corrected chi connectivity index (χ3v) is 18.2. The monoisotopic (exact) mass is 1450 g/mol. The third kappa shape index (κ3) is 72.1. The summed E-state index contributed by atoms with van der Waals surface area (Å²) in [5.41, 5.74) is 0. The number of aliphatic hydroxyl groups is 1. The molecule has 0 fully saturated rings. The van der Waals surface area contributed by atoms with Crippen molar-refractivity contribution >= 4 is 39.5 Å². The van der Waals surface area contributed by atoms with Gasteiger partial charge in [0.05, 0.1) is 32.8 Å². The normalized spacial score (nSPS) is 14.5. The average Bonchev–Trinajstić information content (AvgIpc) is 0.926. The third-order valence-electron chi connectivity index (χ3n) is 16.3. The molecule has 3 N–H and O–H groups in total. The van der Waals surface area contributed by atoms with E-state index in [1.54, 1.807) is 12.2 Å². The molecule has 0 saturated heterocycles. The van der Waals surface area contributed by atoms with Gasteiger partial charge in [0.15, 0.2) is 12.2 Å². The summed E-state index contributed by atoms with van der Waals surface area (Å²) in [6, 6.07) is 0. The Balaban J connectivity index is 5.39. The van der Waals surface area contributed by atoms with E-state index in [0.717, 1.165) is 148 Å². The van der Waals surface area contributed by atoms with Crippen LogP contribution in [0.25, 0.3) is 0 Å². The molecule has 0 spiro atoms. The van der Waals surface area contributed by atoms with Crippen LogP contribution >= 0.6 is 15.6 Å². The van der Waals surface area contributed by atoms with Gasteiger partial charge >= 0.3 is 39.5 Å². The molecule has 5 atom stereocenters. The molecular formula is C81H140O17P2. The first-order chi connectivity index (χ1) is 48.7. The Hall–Kier alpha value is -4.28. The smallest absolute Gasteiger partial charge is 0.462 e. The van der Waals surface area contributed by atoms with Crippen molar-refractivity contribution in [3.63, 3.8) is 0 Å². The summed E-state index contributed by atoms with van der Waals surface area (Å²) in [5.74, 6) is -2.34. The molecule has 0 saturated carbocycles. The van der Waals surface area contributed by atoms with Crippen LogP contribution < -0.4 is 0 Å². The summed E-state index contributed by atoms with van der Waals surface area (Å²) in [5, 5.41) is 10.6. The van der Waals surface area contributed by atoms with E-state index in [1.807, 2.05) is 12.2 Å². The fourth-order valence-corrected chi connectivity index (χ4v) is 11.9. The van der Waals surface area contributed by atoms with Gasteiger partial charge in [-0.05, 0) is 116 Å². The van der Waals surface area contributed by atoms with Crippen LogP contribution in [0.4, 0.5) is 0 Å². The van der Waals surface area contributed by atoms with Gasteiger partial charge in [-0.2, -0.15) is 0 Å². The minimum absolute atomic E-state index is 0.0932. The fraction of sp³-hybridized carbons (Fsp3) is 0.728. The molecule has 5 unspecified atom stereocenters. The maximum atomic E-state index is 13.1. The second-order valence-electron chi connectivity index (χ2n) is 25.9. The number of esters is 4. The van der Waals surface area contributed by atoms with Gasteiger partial charge in [-0.15, -0.1) is 0 Å². The number of phosphoric acid groups is 2. The number of carbonyl (C=O) groups is 4. The predicted octanol–water partition coefficient (Wildman–Crippen LogP) is 22.6. The van der Waals surface area contributed by atoms with Crippen molar-refractivity contribution in [1.82, 2.24) is 0 Å². The van der Waals surface area contributed by atoms with Crippen molar-refractivity contribution in [3.8, 4) is 0 Å². The highest BCUT2D eigenvalue weighted by Gasteiger charge is 2.30. The molecule has 0 amide bonds. The second-order valence-corrected chi connectivity index (χ2v) is 28.8. The molecule has 19 heteroatoms. The van der Waals surface area contributed by atoms with E-state index < -0.39 is 97.5 Å². The number of carbonyl (C=O) groups excluding carboxylic acids is 4. The first-order valence-corrected chi connectivity index (χ1v) is 42.1. The van der Waals surface area contributed by atoms with Crippen LogP contribution in [-0.4, -0.2) is 96.7 Å². The molecule has 0 aliphatic rings. The maximum Gasteiger partial charge on any atom is 0.472 e. The molecule has 0 aromatic heterocycles. The Morgan fingerprint density at radius 2 is 0.560 bits per heavy atom. The van der Waals surface area contributed by atoms with Gasteiger partial charge in [-0.25, -0.2) is 9.13 Å². The minimum atomic E-state index is -5.00. The molecule has 0 rings (SSSR count). The summed E-state index contributed by atoms with van der Waals surface area (Å²) in [4.78, 5) is 72.8. The van der Waals surface area contributed by atoms with Gasteiger partial charge in [-0.1, -0.05) is 291 Å². The lowest BCUT2D eigenvalue weighted by Crippen LogP contribution is -2.30. The lowest BCUT2D eigenvalue weighted by molar-refractivity contribution is -0.161. The van der Waals surface area contributed by atoms with Crippen LogP contribution in [0.2, 0.25) is 0 Å². The van der Waals surface area contributed by atoms with E-state index in [2.05, 4.69) is 113 Å². The lowest BCUT2D eigenvalue weighted by atomic mass is 10.1. The second kappa shape index (κ2) is 73.0. The zero-order chi connectivity index (χ0) is 73.2. The van der Waals surface area contributed by atoms with Crippen LogP contribution in [0.3, 0.4) is 0 Å². The van der Waals surface area contributed by atoms with Crippen molar-refractivity contribution in [3.05, 3.63) is 109 Å². The van der Waals surface area contributed by atoms with Crippen LogP contribution in [0.1, 0.15) is 323 Å². The zero-order valence-corrected chi connectivity index (χ0v) is 64.6. The molecule has 0 aromatic carbocycles. The number of rotatable bonds is 73. The molecule has 0 aliphatic heterocycles. The Morgan fingerprint density at radius 1 is 0.300 bits per heavy atom. The fourth-order valence-electron chi connectivity index (χ4n) is 10.3. The quantitative estimate of drug-likeness (QED) is 0.0169. The van der Waals surface area contributed by atoms with Crippen molar-refractivity contribution in [2.45, 2.75) is 341 Å². The highest BCUT2D eigenvalue weighted by Crippen LogP contribution is 2.45. The van der Waals surface area contributed by atoms with Crippen LogP contribution in [0.5, 0.6) is 0 Å². The molecule has 0 aliphatic carbocycles. The molecule has 0 radical (unpaired) electrons. The molecule has 576 valence electrons. The number of unbranched alkanes of at least 4 members (excludes halogenated alkanes) is 30. The maximum absolute atomic E-state index is 13.1. The van der Waals surface area contributed by atoms with E-state index in [-0.39, 0.29) is 25.7 Å². The summed E-state index contributed by atoms with van der Waals surface area (Å²) in [6.45, 7) is 4.60. The van der Waals surface area contributed by atoms with E-state index in [4.69, 9.17) is 37.0 Å². The average molecular weight is 1450 g/mol. The molecule has 100 heavy (non-hydrogen) atoms. The number of phosphoric ester groups is 2. The first-order valence-electron chi connectivity index (χ1n) is 39.1. The lowest BCUT2D eigenvalue weighted by Gasteiger charge is -2.21. The molecule has 0 heterocycles. The topological polar surface area (TPSA) is 237 Å². The zero-order valence-electron chi connectivity index (χ0n) is 62.8. The van der Waals surface area contributed by atoms with Gasteiger partial charge in [0, 0.05) is 19.3 Å². The number of hydrogen-bond acceptors (Lipinski definition) is 15. The van der Waals surface area contributed by atoms with Crippen LogP contribution in [0, 0.1) is 0 Å². The van der Waals surface area contributed by atoms with E-state index in [9.17, 15) is 43.2 Å². The highest BCUT2D eigenvalue weighted by atomic mass is 31.2. The summed E-state index contributed by atoms with van der Waals surface area (Å²) < 4.78 is 68.3. The summed E-state index contributed by atoms with van der Waals surface area (Å²) >= 11 is 0. The molecular weight excluding hydrogens is 1310 g/mol.